The molecule has 0 aromatic carbocycles. The van der Waals surface area contributed by atoms with E-state index in [1.807, 2.05) is 0 Å². The Morgan fingerprint density at radius 3 is 0.800 bits per heavy atom. The van der Waals surface area contributed by atoms with Gasteiger partial charge in [-0.2, -0.15) is 0 Å². The zero-order valence-corrected chi connectivity index (χ0v) is 11.6. The molecule has 0 rings (SSSR count). The van der Waals surface area contributed by atoms with Gasteiger partial charge in [-0.3, -0.25) is 0 Å². The second-order valence-corrected chi connectivity index (χ2v) is 0. The number of hydrogen-bond acceptors (Lipinski definition) is 0. The maximum atomic E-state index is 0. The van der Waals surface area contributed by atoms with Gasteiger partial charge in [0.2, 0.25) is 0 Å². The largest absolute Gasteiger partial charge is 1.00 e. The van der Waals surface area contributed by atoms with Crippen molar-refractivity contribution in [2.24, 2.45) is 0 Å². The zero-order chi connectivity index (χ0) is 0. The fourth-order valence-corrected chi connectivity index (χ4v) is 0. The summed E-state index contributed by atoms with van der Waals surface area (Å²) in [4.78, 5) is 0. The van der Waals surface area contributed by atoms with Gasteiger partial charge in [-0.1, -0.05) is 0 Å². The SMILES string of the molecule is Br.O.[H-].[H-].[H-].[Na+].[Na+].[Na+]. The van der Waals surface area contributed by atoms with Crippen LogP contribution >= 0.6 is 17.0 Å². The molecular weight excluding hydrogens is 165 g/mol. The second-order valence-electron chi connectivity index (χ2n) is 0. The van der Waals surface area contributed by atoms with E-state index in [9.17, 15) is 0 Å². The Morgan fingerprint density at radius 1 is 0.800 bits per heavy atom. The minimum atomic E-state index is 0. The Labute approximate surface area is 113 Å². The van der Waals surface area contributed by atoms with E-state index in [1.54, 1.807) is 0 Å². The van der Waals surface area contributed by atoms with Crippen molar-refractivity contribution in [3.63, 3.8) is 0 Å². The van der Waals surface area contributed by atoms with Gasteiger partial charge in [0.15, 0.2) is 0 Å². The quantitative estimate of drug-likeness (QED) is 0.324. The molecule has 0 saturated carbocycles. The first-order valence-electron chi connectivity index (χ1n) is 0. The first-order valence-corrected chi connectivity index (χ1v) is 0. The van der Waals surface area contributed by atoms with Gasteiger partial charge in [-0.15, -0.1) is 17.0 Å². The maximum Gasteiger partial charge on any atom is 1.00 e. The predicted octanol–water partition coefficient (Wildman–Crippen LogP) is -8.90. The molecule has 0 fully saturated rings. The average Bonchev–Trinajstić information content (AvgIpc) is 0. The van der Waals surface area contributed by atoms with Gasteiger partial charge in [0.05, 0.1) is 0 Å². The second kappa shape index (κ2) is 26.1. The van der Waals surface area contributed by atoms with Crippen LogP contribution < -0.4 is 88.7 Å². The third kappa shape index (κ3) is 18.6. The fraction of sp³-hybridized carbons (Fsp3) is 0. The summed E-state index contributed by atoms with van der Waals surface area (Å²) in [6, 6.07) is 0. The number of rotatable bonds is 0. The topological polar surface area (TPSA) is 31.5 Å². The molecule has 0 aliphatic rings. The van der Waals surface area contributed by atoms with Crippen LogP contribution in [0.1, 0.15) is 4.28 Å². The van der Waals surface area contributed by atoms with E-state index in [0.717, 1.165) is 0 Å². The van der Waals surface area contributed by atoms with Crippen LogP contribution in [-0.2, 0) is 0 Å². The summed E-state index contributed by atoms with van der Waals surface area (Å²) in [6.45, 7) is 0. The van der Waals surface area contributed by atoms with E-state index in [4.69, 9.17) is 0 Å². The molecule has 0 amide bonds. The zero-order valence-electron chi connectivity index (χ0n) is 6.91. The van der Waals surface area contributed by atoms with Gasteiger partial charge < -0.3 is 9.76 Å². The molecule has 2 N–H and O–H groups in total. The molecule has 0 radical (unpaired) electrons. The molecule has 0 spiro atoms. The smallest absolute Gasteiger partial charge is 1.00 e. The van der Waals surface area contributed by atoms with Gasteiger partial charge in [0, 0.05) is 0 Å². The fourth-order valence-electron chi connectivity index (χ4n) is 0. The molecular formula is H6BrNa3O. The predicted molar refractivity (Wildman–Crippen MR) is 17.3 cm³/mol. The number of hydrogen-bond donors (Lipinski definition) is 0. The van der Waals surface area contributed by atoms with Gasteiger partial charge in [0.1, 0.15) is 0 Å². The molecule has 0 aromatic heterocycles. The van der Waals surface area contributed by atoms with Crippen molar-refractivity contribution in [1.82, 2.24) is 0 Å². The normalized spacial score (nSPS) is 0. The van der Waals surface area contributed by atoms with E-state index in [1.165, 1.54) is 0 Å². The molecule has 5 heavy (non-hydrogen) atoms. The van der Waals surface area contributed by atoms with Crippen LogP contribution in [-0.4, -0.2) is 5.48 Å². The third-order valence-corrected chi connectivity index (χ3v) is 0. The van der Waals surface area contributed by atoms with Crippen molar-refractivity contribution in [1.29, 1.82) is 0 Å². The molecule has 0 aliphatic carbocycles. The molecule has 0 saturated heterocycles. The third-order valence-electron chi connectivity index (χ3n) is 0. The maximum absolute atomic E-state index is 0. The van der Waals surface area contributed by atoms with Gasteiger partial charge in [-0.05, 0) is 0 Å². The molecule has 0 unspecified atom stereocenters. The molecule has 5 heteroatoms. The van der Waals surface area contributed by atoms with E-state index in [2.05, 4.69) is 0 Å². The van der Waals surface area contributed by atoms with Crippen LogP contribution in [0.4, 0.5) is 0 Å². The van der Waals surface area contributed by atoms with Crippen molar-refractivity contribution in [2.45, 2.75) is 0 Å². The van der Waals surface area contributed by atoms with E-state index in [-0.39, 0.29) is 115 Å². The van der Waals surface area contributed by atoms with Crippen molar-refractivity contribution >= 4 is 17.0 Å². The van der Waals surface area contributed by atoms with Crippen molar-refractivity contribution < 1.29 is 98.4 Å². The van der Waals surface area contributed by atoms with Crippen molar-refractivity contribution in [3.8, 4) is 0 Å². The molecule has 0 heterocycles. The Bertz CT molecular complexity index is 14.5. The van der Waals surface area contributed by atoms with E-state index >= 15 is 0 Å². The van der Waals surface area contributed by atoms with Crippen molar-refractivity contribution in [2.75, 3.05) is 0 Å². The molecule has 1 nitrogen and oxygen atoms in total. The van der Waals surface area contributed by atoms with Crippen LogP contribution in [0.2, 0.25) is 0 Å². The molecule has 22 valence electrons. The molecule has 0 aromatic rings. The summed E-state index contributed by atoms with van der Waals surface area (Å²) >= 11 is 0. The monoisotopic (exact) mass is 170 g/mol. The molecule has 0 bridgehead atoms. The van der Waals surface area contributed by atoms with Crippen LogP contribution in [0.25, 0.3) is 0 Å². The first kappa shape index (κ1) is 39.5. The van der Waals surface area contributed by atoms with E-state index < -0.39 is 0 Å². The van der Waals surface area contributed by atoms with Crippen molar-refractivity contribution in [3.05, 3.63) is 0 Å². The summed E-state index contributed by atoms with van der Waals surface area (Å²) in [7, 11) is 0. The number of halogens is 1. The average molecular weight is 171 g/mol. The summed E-state index contributed by atoms with van der Waals surface area (Å²) in [6.07, 6.45) is 0. The van der Waals surface area contributed by atoms with Crippen LogP contribution in [0.15, 0.2) is 0 Å². The van der Waals surface area contributed by atoms with Gasteiger partial charge in [-0.25, -0.2) is 0 Å². The van der Waals surface area contributed by atoms with Gasteiger partial charge >= 0.3 is 88.7 Å². The Hall–Kier alpha value is 3.44. The van der Waals surface area contributed by atoms with E-state index in [0.29, 0.717) is 0 Å². The van der Waals surface area contributed by atoms with Crippen LogP contribution in [0, 0.1) is 0 Å². The van der Waals surface area contributed by atoms with Crippen LogP contribution in [0.5, 0.6) is 0 Å². The first-order chi connectivity index (χ1) is 0. The molecule has 0 aliphatic heterocycles. The Kier molecular flexibility index (Phi) is 206. The Morgan fingerprint density at radius 2 is 0.800 bits per heavy atom. The Balaban J connectivity index is 0. The minimum Gasteiger partial charge on any atom is -1.00 e. The summed E-state index contributed by atoms with van der Waals surface area (Å²) in [5.74, 6) is 0. The standard InChI is InChI=1S/BrH.3Na.H2O.3H/h1H;;;;1H2;;;/q;3*+1;;3*-1. The minimum absolute atomic E-state index is 0. The van der Waals surface area contributed by atoms with Crippen LogP contribution in [0.3, 0.4) is 0 Å². The summed E-state index contributed by atoms with van der Waals surface area (Å²) in [5, 5.41) is 0. The molecule has 0 atom stereocenters. The summed E-state index contributed by atoms with van der Waals surface area (Å²) in [5.41, 5.74) is 0. The summed E-state index contributed by atoms with van der Waals surface area (Å²) < 4.78 is 0. The van der Waals surface area contributed by atoms with Gasteiger partial charge in [0.25, 0.3) is 0 Å².